The van der Waals surface area contributed by atoms with E-state index in [9.17, 15) is 10.1 Å². The molecule has 0 saturated carbocycles. The Labute approximate surface area is 79.7 Å². The summed E-state index contributed by atoms with van der Waals surface area (Å²) in [7, 11) is 0. The quantitative estimate of drug-likeness (QED) is 0.556. The summed E-state index contributed by atoms with van der Waals surface area (Å²) < 4.78 is 0. The van der Waals surface area contributed by atoms with Gasteiger partial charge in [0.1, 0.15) is 5.02 Å². The van der Waals surface area contributed by atoms with Gasteiger partial charge in [0.05, 0.1) is 4.92 Å². The highest BCUT2D eigenvalue weighted by Crippen LogP contribution is 2.33. The summed E-state index contributed by atoms with van der Waals surface area (Å²) in [6.45, 7) is 0.826. The minimum Gasteiger partial charge on any atom is -0.384 e. The second-order valence-corrected chi connectivity index (χ2v) is 3.30. The fourth-order valence-corrected chi connectivity index (χ4v) is 1.70. The first-order valence-corrected chi connectivity index (χ1v) is 4.27. The number of anilines is 1. The number of nitrogens with one attached hydrogen (secondary N) is 1. The van der Waals surface area contributed by atoms with Crippen molar-refractivity contribution in [2.24, 2.45) is 0 Å². The van der Waals surface area contributed by atoms with Gasteiger partial charge in [-0.1, -0.05) is 11.6 Å². The highest BCUT2D eigenvalue weighted by molar-refractivity contribution is 6.32. The van der Waals surface area contributed by atoms with E-state index in [1.165, 1.54) is 6.07 Å². The zero-order valence-corrected chi connectivity index (χ0v) is 7.47. The van der Waals surface area contributed by atoms with Gasteiger partial charge in [0, 0.05) is 18.3 Å². The molecule has 0 amide bonds. The van der Waals surface area contributed by atoms with Crippen LogP contribution in [0.25, 0.3) is 0 Å². The molecule has 0 aromatic heterocycles. The third-order valence-electron chi connectivity index (χ3n) is 2.08. The van der Waals surface area contributed by atoms with Crippen LogP contribution in [0.1, 0.15) is 5.56 Å². The number of nitro groups is 1. The first-order chi connectivity index (χ1) is 6.18. The zero-order chi connectivity index (χ0) is 9.42. The molecule has 1 heterocycles. The number of nitrogens with zero attached hydrogens (tertiary/aromatic N) is 1. The first-order valence-electron chi connectivity index (χ1n) is 3.89. The average Bonchev–Trinajstić information content (AvgIpc) is 2.48. The minimum atomic E-state index is -0.470. The normalized spacial score (nSPS) is 13.6. The molecule has 1 aliphatic rings. The van der Waals surface area contributed by atoms with E-state index in [2.05, 4.69) is 5.32 Å². The summed E-state index contributed by atoms with van der Waals surface area (Å²) in [6, 6.07) is 3.15. The van der Waals surface area contributed by atoms with Crippen LogP contribution in [0.2, 0.25) is 5.02 Å². The van der Waals surface area contributed by atoms with Crippen molar-refractivity contribution >= 4 is 23.0 Å². The second kappa shape index (κ2) is 2.88. The summed E-state index contributed by atoms with van der Waals surface area (Å²) in [5, 5.41) is 13.8. The van der Waals surface area contributed by atoms with Crippen LogP contribution in [0, 0.1) is 10.1 Å². The molecular weight excluding hydrogens is 192 g/mol. The molecule has 0 fully saturated rings. The summed E-state index contributed by atoms with van der Waals surface area (Å²) in [6.07, 6.45) is 0.882. The maximum absolute atomic E-state index is 10.5. The minimum absolute atomic E-state index is 0.0326. The Bertz CT molecular complexity index is 379. The summed E-state index contributed by atoms with van der Waals surface area (Å²) in [5.74, 6) is 0. The molecule has 0 bridgehead atoms. The lowest BCUT2D eigenvalue weighted by molar-refractivity contribution is -0.384. The Morgan fingerprint density at radius 2 is 2.31 bits per heavy atom. The van der Waals surface area contributed by atoms with E-state index < -0.39 is 4.92 Å². The van der Waals surface area contributed by atoms with Gasteiger partial charge in [-0.2, -0.15) is 0 Å². The van der Waals surface area contributed by atoms with Crippen LogP contribution >= 0.6 is 11.6 Å². The fraction of sp³-hybridized carbons (Fsp3) is 0.250. The number of hydrogen-bond acceptors (Lipinski definition) is 3. The van der Waals surface area contributed by atoms with E-state index >= 15 is 0 Å². The predicted octanol–water partition coefficient (Wildman–Crippen LogP) is 2.22. The summed E-state index contributed by atoms with van der Waals surface area (Å²) in [4.78, 5) is 10.0. The SMILES string of the molecule is O=[N+]([O-])c1cc2c(cc1Cl)CCN2. The average molecular weight is 199 g/mol. The van der Waals surface area contributed by atoms with E-state index in [4.69, 9.17) is 11.6 Å². The van der Waals surface area contributed by atoms with Crippen LogP contribution in [0.3, 0.4) is 0 Å². The molecule has 4 nitrogen and oxygen atoms in total. The smallest absolute Gasteiger partial charge is 0.289 e. The lowest BCUT2D eigenvalue weighted by atomic mass is 10.1. The molecule has 13 heavy (non-hydrogen) atoms. The Morgan fingerprint density at radius 3 is 3.00 bits per heavy atom. The van der Waals surface area contributed by atoms with E-state index in [1.54, 1.807) is 6.07 Å². The van der Waals surface area contributed by atoms with Crippen molar-refractivity contribution in [1.29, 1.82) is 0 Å². The lowest BCUT2D eigenvalue weighted by Crippen LogP contribution is -1.93. The largest absolute Gasteiger partial charge is 0.384 e. The molecule has 1 aromatic carbocycles. The fourth-order valence-electron chi connectivity index (χ4n) is 1.45. The van der Waals surface area contributed by atoms with Gasteiger partial charge < -0.3 is 5.32 Å². The summed E-state index contributed by atoms with van der Waals surface area (Å²) >= 11 is 5.73. The molecule has 0 saturated heterocycles. The van der Waals surface area contributed by atoms with Crippen LogP contribution in [0.4, 0.5) is 11.4 Å². The zero-order valence-electron chi connectivity index (χ0n) is 6.71. The Kier molecular flexibility index (Phi) is 1.84. The highest BCUT2D eigenvalue weighted by Gasteiger charge is 2.19. The van der Waals surface area contributed by atoms with Gasteiger partial charge in [-0.15, -0.1) is 0 Å². The second-order valence-electron chi connectivity index (χ2n) is 2.89. The lowest BCUT2D eigenvalue weighted by Gasteiger charge is -2.00. The standard InChI is InChI=1S/C8H7ClN2O2/c9-6-3-5-1-2-10-7(5)4-8(6)11(12)13/h3-4,10H,1-2H2. The molecule has 0 aliphatic carbocycles. The third kappa shape index (κ3) is 1.33. The van der Waals surface area contributed by atoms with E-state index in [0.29, 0.717) is 0 Å². The number of hydrogen-bond donors (Lipinski definition) is 1. The van der Waals surface area contributed by atoms with Gasteiger partial charge in [-0.25, -0.2) is 0 Å². The molecule has 1 aromatic rings. The van der Waals surface area contributed by atoms with Crippen LogP contribution in [-0.4, -0.2) is 11.5 Å². The van der Waals surface area contributed by atoms with Crippen LogP contribution in [0.15, 0.2) is 12.1 Å². The number of halogens is 1. The topological polar surface area (TPSA) is 55.2 Å². The Balaban J connectivity index is 2.55. The van der Waals surface area contributed by atoms with Crippen molar-refractivity contribution < 1.29 is 4.92 Å². The van der Waals surface area contributed by atoms with Crippen molar-refractivity contribution in [1.82, 2.24) is 0 Å². The van der Waals surface area contributed by atoms with Crippen molar-refractivity contribution in [3.05, 3.63) is 32.8 Å². The van der Waals surface area contributed by atoms with Gasteiger partial charge in [-0.3, -0.25) is 10.1 Å². The van der Waals surface area contributed by atoms with E-state index in [-0.39, 0.29) is 10.7 Å². The number of rotatable bonds is 1. The predicted molar refractivity (Wildman–Crippen MR) is 50.3 cm³/mol. The number of benzene rings is 1. The van der Waals surface area contributed by atoms with Crippen LogP contribution < -0.4 is 5.32 Å². The first kappa shape index (κ1) is 8.31. The highest BCUT2D eigenvalue weighted by atomic mass is 35.5. The number of fused-ring (bicyclic) bond motifs is 1. The molecule has 0 unspecified atom stereocenters. The van der Waals surface area contributed by atoms with Gasteiger partial charge in [0.25, 0.3) is 5.69 Å². The molecule has 1 aliphatic heterocycles. The van der Waals surface area contributed by atoms with Crippen LogP contribution in [0.5, 0.6) is 0 Å². The maximum Gasteiger partial charge on any atom is 0.289 e. The molecule has 0 atom stereocenters. The van der Waals surface area contributed by atoms with E-state index in [0.717, 1.165) is 24.2 Å². The third-order valence-corrected chi connectivity index (χ3v) is 2.38. The van der Waals surface area contributed by atoms with Gasteiger partial charge in [-0.05, 0) is 18.1 Å². The monoisotopic (exact) mass is 198 g/mol. The maximum atomic E-state index is 10.5. The van der Waals surface area contributed by atoms with Gasteiger partial charge in [0.2, 0.25) is 0 Å². The van der Waals surface area contributed by atoms with Crippen LogP contribution in [-0.2, 0) is 6.42 Å². The van der Waals surface area contributed by atoms with Crippen molar-refractivity contribution in [3.8, 4) is 0 Å². The molecular formula is C8H7ClN2O2. The Hall–Kier alpha value is -1.29. The van der Waals surface area contributed by atoms with Crippen molar-refractivity contribution in [3.63, 3.8) is 0 Å². The molecule has 0 radical (unpaired) electrons. The van der Waals surface area contributed by atoms with Crippen molar-refractivity contribution in [2.75, 3.05) is 11.9 Å². The summed E-state index contributed by atoms with van der Waals surface area (Å²) in [5.41, 5.74) is 1.85. The molecule has 0 spiro atoms. The van der Waals surface area contributed by atoms with Gasteiger partial charge >= 0.3 is 0 Å². The van der Waals surface area contributed by atoms with Gasteiger partial charge in [0.15, 0.2) is 0 Å². The van der Waals surface area contributed by atoms with E-state index in [1.807, 2.05) is 0 Å². The molecule has 68 valence electrons. The van der Waals surface area contributed by atoms with Crippen molar-refractivity contribution in [2.45, 2.75) is 6.42 Å². The Morgan fingerprint density at radius 1 is 1.54 bits per heavy atom. The molecule has 1 N–H and O–H groups in total. The molecule has 2 rings (SSSR count). The number of nitro benzene ring substituents is 1. The molecule has 5 heteroatoms.